The molecule has 1 aromatic heterocycles. The topological polar surface area (TPSA) is 88.4 Å². The Morgan fingerprint density at radius 1 is 1.61 bits per heavy atom. The van der Waals surface area contributed by atoms with Crippen molar-refractivity contribution >= 4 is 16.0 Å². The van der Waals surface area contributed by atoms with E-state index in [1.54, 1.807) is 13.0 Å². The van der Waals surface area contributed by atoms with Crippen molar-refractivity contribution < 1.29 is 18.3 Å². The molecule has 0 saturated carbocycles. The molecule has 18 heavy (non-hydrogen) atoms. The molecule has 0 spiro atoms. The van der Waals surface area contributed by atoms with E-state index >= 15 is 0 Å². The van der Waals surface area contributed by atoms with Gasteiger partial charge in [0.15, 0.2) is 0 Å². The van der Waals surface area contributed by atoms with E-state index in [2.05, 4.69) is 11.3 Å². The van der Waals surface area contributed by atoms with Crippen molar-refractivity contribution in [2.45, 2.75) is 24.8 Å². The van der Waals surface area contributed by atoms with E-state index in [0.717, 1.165) is 6.07 Å². The SMILES string of the molecule is C=CCCNS(=O)(=O)c1cc(C(=O)O)n(CC)c1. The molecular formula is C11H16N2O4S. The van der Waals surface area contributed by atoms with Crippen LogP contribution in [0.4, 0.5) is 0 Å². The minimum absolute atomic E-state index is 0.0363. The number of aromatic nitrogens is 1. The van der Waals surface area contributed by atoms with Gasteiger partial charge >= 0.3 is 5.97 Å². The Morgan fingerprint density at radius 3 is 2.72 bits per heavy atom. The molecule has 0 atom stereocenters. The molecule has 6 nitrogen and oxygen atoms in total. The maximum Gasteiger partial charge on any atom is 0.352 e. The second kappa shape index (κ2) is 5.83. The third-order valence-electron chi connectivity index (χ3n) is 2.38. The number of nitrogens with one attached hydrogen (secondary N) is 1. The van der Waals surface area contributed by atoms with Gasteiger partial charge in [-0.25, -0.2) is 17.9 Å². The van der Waals surface area contributed by atoms with Gasteiger partial charge in [0.05, 0.1) is 0 Å². The summed E-state index contributed by atoms with van der Waals surface area (Å²) in [6.45, 7) is 5.87. The fraction of sp³-hybridized carbons (Fsp3) is 0.364. The van der Waals surface area contributed by atoms with Gasteiger partial charge in [0.1, 0.15) is 10.6 Å². The summed E-state index contributed by atoms with van der Waals surface area (Å²) in [7, 11) is -3.66. The van der Waals surface area contributed by atoms with Crippen molar-refractivity contribution in [2.75, 3.05) is 6.54 Å². The lowest BCUT2D eigenvalue weighted by Gasteiger charge is -2.02. The van der Waals surface area contributed by atoms with Gasteiger partial charge in [-0.05, 0) is 19.4 Å². The Bertz CT molecular complexity index is 545. The highest BCUT2D eigenvalue weighted by molar-refractivity contribution is 7.89. The van der Waals surface area contributed by atoms with E-state index in [1.165, 1.54) is 10.8 Å². The van der Waals surface area contributed by atoms with Crippen molar-refractivity contribution in [1.82, 2.24) is 9.29 Å². The summed E-state index contributed by atoms with van der Waals surface area (Å²) in [6, 6.07) is 1.15. The maximum absolute atomic E-state index is 11.9. The van der Waals surface area contributed by atoms with Gasteiger partial charge < -0.3 is 9.67 Å². The third kappa shape index (κ3) is 3.21. The zero-order chi connectivity index (χ0) is 13.8. The molecule has 0 radical (unpaired) electrons. The lowest BCUT2D eigenvalue weighted by molar-refractivity contribution is 0.0685. The number of aromatic carboxylic acids is 1. The fourth-order valence-electron chi connectivity index (χ4n) is 1.45. The largest absolute Gasteiger partial charge is 0.477 e. The van der Waals surface area contributed by atoms with E-state index in [1.807, 2.05) is 0 Å². The highest BCUT2D eigenvalue weighted by atomic mass is 32.2. The van der Waals surface area contributed by atoms with Crippen LogP contribution in [0.3, 0.4) is 0 Å². The second-order valence-corrected chi connectivity index (χ2v) is 5.39. The lowest BCUT2D eigenvalue weighted by Crippen LogP contribution is -2.24. The normalized spacial score (nSPS) is 11.4. The van der Waals surface area contributed by atoms with Gasteiger partial charge in [-0.1, -0.05) is 6.08 Å². The number of rotatable bonds is 7. The van der Waals surface area contributed by atoms with E-state index in [0.29, 0.717) is 13.0 Å². The standard InChI is InChI=1S/C11H16N2O4S/c1-3-5-6-12-18(16,17)9-7-10(11(14)15)13(4-2)8-9/h3,7-8,12H,1,4-6H2,2H3,(H,14,15). The summed E-state index contributed by atoms with van der Waals surface area (Å²) in [5.74, 6) is -1.15. The van der Waals surface area contributed by atoms with Crippen LogP contribution >= 0.6 is 0 Å². The van der Waals surface area contributed by atoms with Crippen LogP contribution in [0.25, 0.3) is 0 Å². The Labute approximate surface area is 106 Å². The number of carboxylic acid groups (broad SMARTS) is 1. The number of hydrogen-bond donors (Lipinski definition) is 2. The molecular weight excluding hydrogens is 256 g/mol. The molecule has 100 valence electrons. The number of hydrogen-bond acceptors (Lipinski definition) is 3. The first-order chi connectivity index (χ1) is 8.42. The summed E-state index contributed by atoms with van der Waals surface area (Å²) in [5, 5.41) is 8.94. The predicted octanol–water partition coefficient (Wildman–Crippen LogP) is 1.06. The van der Waals surface area contributed by atoms with Gasteiger partial charge in [-0.15, -0.1) is 6.58 Å². The first-order valence-electron chi connectivity index (χ1n) is 5.46. The Morgan fingerprint density at radius 2 is 2.28 bits per heavy atom. The number of carbonyl (C=O) groups is 1. The number of aryl methyl sites for hydroxylation is 1. The molecule has 0 saturated heterocycles. The van der Waals surface area contributed by atoms with Gasteiger partial charge in [0.2, 0.25) is 10.0 Å². The van der Waals surface area contributed by atoms with Crippen LogP contribution in [0.1, 0.15) is 23.8 Å². The number of sulfonamides is 1. The molecule has 0 bridgehead atoms. The van der Waals surface area contributed by atoms with Crippen molar-refractivity contribution in [3.8, 4) is 0 Å². The second-order valence-electron chi connectivity index (χ2n) is 3.63. The van der Waals surface area contributed by atoms with Crippen LogP contribution in [-0.4, -0.2) is 30.6 Å². The Hall–Kier alpha value is -1.60. The quantitative estimate of drug-likeness (QED) is 0.574. The van der Waals surface area contributed by atoms with Crippen LogP contribution in [0.2, 0.25) is 0 Å². The minimum Gasteiger partial charge on any atom is -0.477 e. The summed E-state index contributed by atoms with van der Waals surface area (Å²) < 4.78 is 27.5. The molecule has 0 aliphatic carbocycles. The average Bonchev–Trinajstić information content (AvgIpc) is 2.74. The average molecular weight is 272 g/mol. The van der Waals surface area contributed by atoms with Crippen LogP contribution in [-0.2, 0) is 16.6 Å². The molecule has 0 aliphatic rings. The summed E-state index contributed by atoms with van der Waals surface area (Å²) in [5.41, 5.74) is -0.0402. The highest BCUT2D eigenvalue weighted by Gasteiger charge is 2.20. The lowest BCUT2D eigenvalue weighted by atomic mass is 10.4. The van der Waals surface area contributed by atoms with Gasteiger partial charge in [-0.2, -0.15) is 0 Å². The van der Waals surface area contributed by atoms with Crippen molar-refractivity contribution in [1.29, 1.82) is 0 Å². The minimum atomic E-state index is -3.66. The predicted molar refractivity (Wildman–Crippen MR) is 67.1 cm³/mol. The fourth-order valence-corrected chi connectivity index (χ4v) is 2.54. The van der Waals surface area contributed by atoms with E-state index < -0.39 is 16.0 Å². The molecule has 0 fully saturated rings. The molecule has 7 heteroatoms. The summed E-state index contributed by atoms with van der Waals surface area (Å²) >= 11 is 0. The molecule has 1 rings (SSSR count). The van der Waals surface area contributed by atoms with E-state index in [-0.39, 0.29) is 17.1 Å². The smallest absolute Gasteiger partial charge is 0.352 e. The zero-order valence-electron chi connectivity index (χ0n) is 10.1. The molecule has 0 unspecified atom stereocenters. The van der Waals surface area contributed by atoms with Crippen LogP contribution < -0.4 is 4.72 Å². The number of nitrogens with zero attached hydrogens (tertiary/aromatic N) is 1. The highest BCUT2D eigenvalue weighted by Crippen LogP contribution is 2.14. The van der Waals surface area contributed by atoms with Crippen molar-refractivity contribution in [2.24, 2.45) is 0 Å². The van der Waals surface area contributed by atoms with E-state index in [9.17, 15) is 13.2 Å². The zero-order valence-corrected chi connectivity index (χ0v) is 10.9. The first-order valence-corrected chi connectivity index (χ1v) is 6.94. The van der Waals surface area contributed by atoms with Crippen molar-refractivity contribution in [3.05, 3.63) is 30.6 Å². The maximum atomic E-state index is 11.9. The first kappa shape index (κ1) is 14.5. The van der Waals surface area contributed by atoms with Gasteiger partial charge in [-0.3, -0.25) is 0 Å². The molecule has 1 aromatic rings. The third-order valence-corrected chi connectivity index (χ3v) is 3.81. The van der Waals surface area contributed by atoms with Crippen LogP contribution in [0.15, 0.2) is 29.8 Å². The molecule has 0 aromatic carbocycles. The van der Waals surface area contributed by atoms with Crippen LogP contribution in [0.5, 0.6) is 0 Å². The molecule has 0 aliphatic heterocycles. The van der Waals surface area contributed by atoms with Crippen LogP contribution in [0, 0.1) is 0 Å². The Balaban J connectivity index is 3.02. The monoisotopic (exact) mass is 272 g/mol. The van der Waals surface area contributed by atoms with Gasteiger partial charge in [0.25, 0.3) is 0 Å². The van der Waals surface area contributed by atoms with Gasteiger partial charge in [0, 0.05) is 19.3 Å². The molecule has 2 N–H and O–H groups in total. The van der Waals surface area contributed by atoms with Crippen molar-refractivity contribution in [3.63, 3.8) is 0 Å². The molecule has 1 heterocycles. The number of carboxylic acids is 1. The molecule has 0 amide bonds. The summed E-state index contributed by atoms with van der Waals surface area (Å²) in [4.78, 5) is 10.9. The van der Waals surface area contributed by atoms with E-state index in [4.69, 9.17) is 5.11 Å². The summed E-state index contributed by atoms with van der Waals surface area (Å²) in [6.07, 6.45) is 3.43. The Kier molecular flexibility index (Phi) is 4.69.